The number of aromatic nitrogens is 3. The topological polar surface area (TPSA) is 99.2 Å². The highest BCUT2D eigenvalue weighted by molar-refractivity contribution is 7.90. The molecule has 8 nitrogen and oxygen atoms in total. The first kappa shape index (κ1) is 23.6. The molecule has 0 atom stereocenters. The van der Waals surface area contributed by atoms with Crippen molar-refractivity contribution in [3.05, 3.63) is 53.9 Å². The summed E-state index contributed by atoms with van der Waals surface area (Å²) in [6, 6.07) is 11.1. The van der Waals surface area contributed by atoms with Gasteiger partial charge in [0.15, 0.2) is 9.84 Å². The van der Waals surface area contributed by atoms with Gasteiger partial charge in [-0.15, -0.1) is 0 Å². The summed E-state index contributed by atoms with van der Waals surface area (Å²) in [6.45, 7) is 0.666. The van der Waals surface area contributed by atoms with Gasteiger partial charge in [-0.2, -0.15) is 18.2 Å². The number of halogens is 3. The molecule has 0 radical (unpaired) electrons. The van der Waals surface area contributed by atoms with Crippen molar-refractivity contribution < 1.29 is 30.8 Å². The molecule has 0 saturated heterocycles. The zero-order chi connectivity index (χ0) is 24.7. The minimum atomic E-state index is -4.44. The molecule has 4 rings (SSSR count). The fourth-order valence-corrected chi connectivity index (χ4v) is 4.25. The molecular weight excluding hydrogens is 473 g/mol. The van der Waals surface area contributed by atoms with Crippen LogP contribution in [0, 0.1) is 6.92 Å². The molecule has 0 fully saturated rings. The molecule has 0 spiro atoms. The molecule has 12 heteroatoms. The maximum atomic E-state index is 13.3. The van der Waals surface area contributed by atoms with Crippen LogP contribution >= 0.6 is 0 Å². The summed E-state index contributed by atoms with van der Waals surface area (Å²) < 4.78 is 75.0. The van der Waals surface area contributed by atoms with Gasteiger partial charge in [-0.3, -0.25) is 0 Å². The SMILES string of the molecule is COc1cc(S(C)(=O)=O)ccc1NCc1nc(-c2cc3c(C)cccc3n2CC(F)(F)F)no1. The van der Waals surface area contributed by atoms with Crippen LogP contribution in [0.5, 0.6) is 5.75 Å². The average molecular weight is 494 g/mol. The third kappa shape index (κ3) is 4.86. The summed E-state index contributed by atoms with van der Waals surface area (Å²) in [6.07, 6.45) is -3.35. The highest BCUT2D eigenvalue weighted by Gasteiger charge is 2.31. The number of rotatable bonds is 7. The summed E-state index contributed by atoms with van der Waals surface area (Å²) in [4.78, 5) is 4.36. The Balaban J connectivity index is 1.62. The number of nitrogens with one attached hydrogen (secondary N) is 1. The van der Waals surface area contributed by atoms with Gasteiger partial charge in [-0.1, -0.05) is 17.3 Å². The molecule has 0 aliphatic carbocycles. The van der Waals surface area contributed by atoms with E-state index in [9.17, 15) is 21.6 Å². The Hall–Kier alpha value is -3.54. The predicted octanol–water partition coefficient (Wildman–Crippen LogP) is 4.59. The number of benzene rings is 2. The van der Waals surface area contributed by atoms with E-state index >= 15 is 0 Å². The lowest BCUT2D eigenvalue weighted by molar-refractivity contribution is -0.139. The van der Waals surface area contributed by atoms with Gasteiger partial charge in [0.25, 0.3) is 0 Å². The van der Waals surface area contributed by atoms with E-state index in [-0.39, 0.29) is 28.8 Å². The van der Waals surface area contributed by atoms with Crippen LogP contribution in [-0.4, -0.2) is 42.7 Å². The Labute approximate surface area is 193 Å². The number of hydrogen-bond donors (Lipinski definition) is 1. The van der Waals surface area contributed by atoms with Gasteiger partial charge >= 0.3 is 6.18 Å². The van der Waals surface area contributed by atoms with Crippen LogP contribution in [0.25, 0.3) is 22.4 Å². The second kappa shape index (κ2) is 8.67. The molecule has 2 aromatic carbocycles. The van der Waals surface area contributed by atoms with Gasteiger partial charge in [0, 0.05) is 23.2 Å². The third-order valence-corrected chi connectivity index (χ3v) is 6.34. The molecule has 180 valence electrons. The maximum Gasteiger partial charge on any atom is 0.406 e. The molecule has 0 amide bonds. The maximum absolute atomic E-state index is 13.3. The number of nitrogens with zero attached hydrogens (tertiary/aromatic N) is 3. The van der Waals surface area contributed by atoms with E-state index in [1.807, 2.05) is 13.0 Å². The van der Waals surface area contributed by atoms with Crippen LogP contribution in [0.3, 0.4) is 0 Å². The lowest BCUT2D eigenvalue weighted by atomic mass is 10.1. The van der Waals surface area contributed by atoms with E-state index in [4.69, 9.17) is 9.26 Å². The first-order valence-corrected chi connectivity index (χ1v) is 12.0. The fraction of sp³-hybridized carbons (Fsp3) is 0.273. The number of alkyl halides is 3. The van der Waals surface area contributed by atoms with E-state index < -0.39 is 22.6 Å². The van der Waals surface area contributed by atoms with Crippen molar-refractivity contribution >= 4 is 26.4 Å². The Morgan fingerprint density at radius 1 is 1.18 bits per heavy atom. The van der Waals surface area contributed by atoms with Crippen molar-refractivity contribution in [1.29, 1.82) is 0 Å². The van der Waals surface area contributed by atoms with Crippen molar-refractivity contribution in [3.8, 4) is 17.3 Å². The highest BCUT2D eigenvalue weighted by Crippen LogP contribution is 2.32. The fourth-order valence-electron chi connectivity index (χ4n) is 3.62. The number of anilines is 1. The number of sulfone groups is 1. The van der Waals surface area contributed by atoms with Crippen molar-refractivity contribution in [2.45, 2.75) is 31.1 Å². The number of aryl methyl sites for hydroxylation is 1. The molecule has 0 bridgehead atoms. The second-order valence-corrected chi connectivity index (χ2v) is 9.75. The lowest BCUT2D eigenvalue weighted by Crippen LogP contribution is -2.18. The molecule has 2 heterocycles. The average Bonchev–Trinajstić information content (AvgIpc) is 3.36. The first-order valence-electron chi connectivity index (χ1n) is 10.1. The number of ether oxygens (including phenoxy) is 1. The van der Waals surface area contributed by atoms with E-state index in [1.54, 1.807) is 18.2 Å². The Kier molecular flexibility index (Phi) is 6.02. The standard InChI is InChI=1S/C22H21F3N4O4S/c1-13-5-4-6-17-15(13)10-18(29(17)12-22(23,24)25)21-27-20(33-28-21)11-26-16-8-7-14(34(3,30)31)9-19(16)32-2/h4-10,26H,11-12H2,1-3H3. The molecule has 0 saturated carbocycles. The van der Waals surface area contributed by atoms with Gasteiger partial charge in [0.05, 0.1) is 29.9 Å². The van der Waals surface area contributed by atoms with Crippen LogP contribution in [-0.2, 0) is 22.9 Å². The van der Waals surface area contributed by atoms with Crippen LogP contribution in [0.1, 0.15) is 11.5 Å². The third-order valence-electron chi connectivity index (χ3n) is 5.23. The molecule has 34 heavy (non-hydrogen) atoms. The summed E-state index contributed by atoms with van der Waals surface area (Å²) >= 11 is 0. The van der Waals surface area contributed by atoms with Crippen LogP contribution < -0.4 is 10.1 Å². The van der Waals surface area contributed by atoms with E-state index in [0.29, 0.717) is 22.3 Å². The molecule has 0 unspecified atom stereocenters. The van der Waals surface area contributed by atoms with Gasteiger partial charge < -0.3 is 19.1 Å². The van der Waals surface area contributed by atoms with Crippen LogP contribution in [0.4, 0.5) is 18.9 Å². The predicted molar refractivity (Wildman–Crippen MR) is 119 cm³/mol. The van der Waals surface area contributed by atoms with Crippen LogP contribution in [0.2, 0.25) is 0 Å². The summed E-state index contributed by atoms with van der Waals surface area (Å²) in [7, 11) is -2.01. The quantitative estimate of drug-likeness (QED) is 0.401. The normalized spacial score (nSPS) is 12.3. The van der Waals surface area contributed by atoms with Gasteiger partial charge in [0.2, 0.25) is 11.7 Å². The Bertz CT molecular complexity index is 1460. The van der Waals surface area contributed by atoms with Gasteiger partial charge in [-0.25, -0.2) is 8.42 Å². The number of methoxy groups -OCH3 is 1. The summed E-state index contributed by atoms with van der Waals surface area (Å²) in [5, 5.41) is 7.56. The Morgan fingerprint density at radius 3 is 2.62 bits per heavy atom. The van der Waals surface area contributed by atoms with E-state index in [2.05, 4.69) is 15.5 Å². The largest absolute Gasteiger partial charge is 0.495 e. The zero-order valence-electron chi connectivity index (χ0n) is 18.5. The first-order chi connectivity index (χ1) is 16.0. The van der Waals surface area contributed by atoms with Crippen molar-refractivity contribution in [2.75, 3.05) is 18.7 Å². The summed E-state index contributed by atoms with van der Waals surface area (Å²) in [5.74, 6) is 0.448. The summed E-state index contributed by atoms with van der Waals surface area (Å²) in [5.41, 5.74) is 1.92. The van der Waals surface area contributed by atoms with E-state index in [1.165, 1.54) is 25.3 Å². The monoisotopic (exact) mass is 494 g/mol. The lowest BCUT2D eigenvalue weighted by Gasteiger charge is -2.12. The molecule has 0 aliphatic rings. The van der Waals surface area contributed by atoms with E-state index in [0.717, 1.165) is 16.4 Å². The molecule has 1 N–H and O–H groups in total. The molecule has 2 aromatic heterocycles. The highest BCUT2D eigenvalue weighted by atomic mass is 32.2. The van der Waals surface area contributed by atoms with Crippen LogP contribution in [0.15, 0.2) is 51.9 Å². The molecule has 0 aliphatic heterocycles. The molecular formula is C22H21F3N4O4S. The number of fused-ring (bicyclic) bond motifs is 1. The van der Waals surface area contributed by atoms with Crippen molar-refractivity contribution in [1.82, 2.24) is 14.7 Å². The van der Waals surface area contributed by atoms with Crippen molar-refractivity contribution in [3.63, 3.8) is 0 Å². The minimum Gasteiger partial charge on any atom is -0.495 e. The van der Waals surface area contributed by atoms with Gasteiger partial charge in [0.1, 0.15) is 12.3 Å². The Morgan fingerprint density at radius 2 is 1.94 bits per heavy atom. The van der Waals surface area contributed by atoms with Crippen molar-refractivity contribution in [2.24, 2.45) is 0 Å². The minimum absolute atomic E-state index is 0.0241. The second-order valence-electron chi connectivity index (χ2n) is 7.74. The number of hydrogen-bond acceptors (Lipinski definition) is 7. The van der Waals surface area contributed by atoms with Gasteiger partial charge in [-0.05, 0) is 36.8 Å². The molecule has 4 aromatic rings. The zero-order valence-corrected chi connectivity index (χ0v) is 19.3. The smallest absolute Gasteiger partial charge is 0.406 e.